The first-order chi connectivity index (χ1) is 11.7. The van der Waals surface area contributed by atoms with E-state index in [1.165, 1.54) is 6.07 Å². The maximum absolute atomic E-state index is 14.0. The van der Waals surface area contributed by atoms with Gasteiger partial charge in [0.2, 0.25) is 5.91 Å². The molecule has 0 aliphatic carbocycles. The number of aromatic amines is 1. The summed E-state index contributed by atoms with van der Waals surface area (Å²) in [5.74, 6) is 0.0717. The van der Waals surface area contributed by atoms with E-state index in [0.29, 0.717) is 18.2 Å². The number of rotatable bonds is 3. The summed E-state index contributed by atoms with van der Waals surface area (Å²) in [6, 6.07) is 8.38. The van der Waals surface area contributed by atoms with Gasteiger partial charge in [-0.1, -0.05) is 12.1 Å². The predicted molar refractivity (Wildman–Crippen MR) is 89.3 cm³/mol. The third-order valence-electron chi connectivity index (χ3n) is 5.18. The predicted octanol–water partition coefficient (Wildman–Crippen LogP) is 2.53. The lowest BCUT2D eigenvalue weighted by Crippen LogP contribution is -2.46. The summed E-state index contributed by atoms with van der Waals surface area (Å²) in [5.41, 5.74) is 1.53. The van der Waals surface area contributed by atoms with Crippen molar-refractivity contribution in [3.8, 4) is 0 Å². The standard InChI is InChI=1S/C18H21FN4O/c19-14-5-1-2-6-16(14)23-11-8-17(18(23)24)22-10-3-4-13(12-22)15-7-9-20-21-15/h1-2,5-7,9,13,17H,3-4,8,10-12H2,(H,20,21)/t13-,17+/m1/s1. The van der Waals surface area contributed by atoms with Gasteiger partial charge in [-0.2, -0.15) is 5.10 Å². The first kappa shape index (κ1) is 15.3. The van der Waals surface area contributed by atoms with Crippen molar-refractivity contribution in [2.75, 3.05) is 24.5 Å². The van der Waals surface area contributed by atoms with Crippen LogP contribution in [0.2, 0.25) is 0 Å². The first-order valence-corrected chi connectivity index (χ1v) is 8.53. The number of halogens is 1. The second-order valence-corrected chi connectivity index (χ2v) is 6.59. The summed E-state index contributed by atoms with van der Waals surface area (Å²) in [5, 5.41) is 7.09. The molecule has 0 saturated carbocycles. The number of anilines is 1. The van der Waals surface area contributed by atoms with Crippen molar-refractivity contribution in [2.24, 2.45) is 0 Å². The molecule has 1 aromatic carbocycles. The van der Waals surface area contributed by atoms with Gasteiger partial charge in [-0.15, -0.1) is 0 Å². The second kappa shape index (κ2) is 6.36. The van der Waals surface area contributed by atoms with Gasteiger partial charge in [-0.3, -0.25) is 14.8 Å². The smallest absolute Gasteiger partial charge is 0.244 e. The van der Waals surface area contributed by atoms with Gasteiger partial charge in [0.15, 0.2) is 0 Å². The first-order valence-electron chi connectivity index (χ1n) is 8.53. The van der Waals surface area contributed by atoms with Gasteiger partial charge in [0, 0.05) is 30.9 Å². The molecule has 2 aliphatic rings. The van der Waals surface area contributed by atoms with E-state index in [4.69, 9.17) is 0 Å². The number of amides is 1. The summed E-state index contributed by atoms with van der Waals surface area (Å²) < 4.78 is 14.0. The van der Waals surface area contributed by atoms with E-state index in [0.717, 1.165) is 38.0 Å². The number of nitrogens with zero attached hydrogens (tertiary/aromatic N) is 3. The van der Waals surface area contributed by atoms with Crippen molar-refractivity contribution in [1.82, 2.24) is 15.1 Å². The molecule has 1 amide bonds. The molecule has 5 nitrogen and oxygen atoms in total. The zero-order chi connectivity index (χ0) is 16.5. The topological polar surface area (TPSA) is 52.2 Å². The molecular weight excluding hydrogens is 307 g/mol. The number of benzene rings is 1. The molecule has 2 saturated heterocycles. The number of hydrogen-bond donors (Lipinski definition) is 1. The van der Waals surface area contributed by atoms with E-state index >= 15 is 0 Å². The van der Waals surface area contributed by atoms with Crippen molar-refractivity contribution in [1.29, 1.82) is 0 Å². The molecule has 3 heterocycles. The highest BCUT2D eigenvalue weighted by molar-refractivity contribution is 5.99. The largest absolute Gasteiger partial charge is 0.308 e. The van der Waals surface area contributed by atoms with E-state index in [1.54, 1.807) is 29.3 Å². The van der Waals surface area contributed by atoms with Gasteiger partial charge in [-0.05, 0) is 44.0 Å². The highest BCUT2D eigenvalue weighted by Crippen LogP contribution is 2.31. The second-order valence-electron chi connectivity index (χ2n) is 6.59. The van der Waals surface area contributed by atoms with Gasteiger partial charge >= 0.3 is 0 Å². The maximum Gasteiger partial charge on any atom is 0.244 e. The monoisotopic (exact) mass is 328 g/mol. The zero-order valence-electron chi connectivity index (χ0n) is 13.5. The van der Waals surface area contributed by atoms with Gasteiger partial charge in [0.25, 0.3) is 0 Å². The van der Waals surface area contributed by atoms with Gasteiger partial charge in [-0.25, -0.2) is 4.39 Å². The molecule has 2 atom stereocenters. The maximum atomic E-state index is 14.0. The molecule has 4 rings (SSSR count). The number of H-pyrrole nitrogens is 1. The quantitative estimate of drug-likeness (QED) is 0.942. The lowest BCUT2D eigenvalue weighted by Gasteiger charge is -2.35. The summed E-state index contributed by atoms with van der Waals surface area (Å²) in [6.45, 7) is 2.35. The fourth-order valence-corrected chi connectivity index (χ4v) is 3.95. The Balaban J connectivity index is 1.49. The number of piperidine rings is 1. The molecule has 126 valence electrons. The highest BCUT2D eigenvalue weighted by atomic mass is 19.1. The van der Waals surface area contributed by atoms with Gasteiger partial charge in [0.1, 0.15) is 5.82 Å². The fourth-order valence-electron chi connectivity index (χ4n) is 3.95. The minimum atomic E-state index is -0.333. The lowest BCUT2D eigenvalue weighted by molar-refractivity contribution is -0.122. The van der Waals surface area contributed by atoms with E-state index < -0.39 is 0 Å². The number of para-hydroxylation sites is 1. The SMILES string of the molecule is O=C1[C@@H](N2CCC[C@@H](c3ccn[nH]3)C2)CCN1c1ccccc1F. The summed E-state index contributed by atoms with van der Waals surface area (Å²) in [6.07, 6.45) is 4.70. The average Bonchev–Trinajstić information content (AvgIpc) is 3.26. The number of carbonyl (C=O) groups is 1. The summed E-state index contributed by atoms with van der Waals surface area (Å²) in [4.78, 5) is 16.7. The molecule has 2 aromatic rings. The van der Waals surface area contributed by atoms with Crippen LogP contribution in [0.5, 0.6) is 0 Å². The van der Waals surface area contributed by atoms with Crippen molar-refractivity contribution in [2.45, 2.75) is 31.2 Å². The van der Waals surface area contributed by atoms with Crippen LogP contribution in [0.15, 0.2) is 36.5 Å². The van der Waals surface area contributed by atoms with Crippen LogP contribution in [0, 0.1) is 5.82 Å². The fraction of sp³-hybridized carbons (Fsp3) is 0.444. The molecule has 0 bridgehead atoms. The van der Waals surface area contributed by atoms with Crippen molar-refractivity contribution >= 4 is 11.6 Å². The number of hydrogen-bond acceptors (Lipinski definition) is 3. The third kappa shape index (κ3) is 2.71. The normalized spacial score (nSPS) is 25.4. The van der Waals surface area contributed by atoms with Crippen LogP contribution in [-0.4, -0.2) is 46.7 Å². The Morgan fingerprint density at radius 2 is 2.04 bits per heavy atom. The minimum Gasteiger partial charge on any atom is -0.308 e. The Hall–Kier alpha value is -2.21. The number of carbonyl (C=O) groups excluding carboxylic acids is 1. The highest BCUT2D eigenvalue weighted by Gasteiger charge is 2.39. The van der Waals surface area contributed by atoms with Gasteiger partial charge < -0.3 is 4.90 Å². The lowest BCUT2D eigenvalue weighted by atomic mass is 9.93. The van der Waals surface area contributed by atoms with Crippen LogP contribution >= 0.6 is 0 Å². The Morgan fingerprint density at radius 1 is 1.17 bits per heavy atom. The van der Waals surface area contributed by atoms with Crippen molar-refractivity contribution in [3.05, 3.63) is 48.0 Å². The molecule has 6 heteroatoms. The molecule has 0 spiro atoms. The van der Waals surface area contributed by atoms with Crippen LogP contribution in [0.25, 0.3) is 0 Å². The van der Waals surface area contributed by atoms with E-state index in [1.807, 2.05) is 6.07 Å². The number of aromatic nitrogens is 2. The molecule has 0 unspecified atom stereocenters. The van der Waals surface area contributed by atoms with Crippen molar-refractivity contribution < 1.29 is 9.18 Å². The molecule has 2 aliphatic heterocycles. The van der Waals surface area contributed by atoms with Crippen molar-refractivity contribution in [3.63, 3.8) is 0 Å². The third-order valence-corrected chi connectivity index (χ3v) is 5.18. The zero-order valence-corrected chi connectivity index (χ0v) is 13.5. The molecule has 1 N–H and O–H groups in total. The molecule has 24 heavy (non-hydrogen) atoms. The Morgan fingerprint density at radius 3 is 2.83 bits per heavy atom. The van der Waals surface area contributed by atoms with Crippen LogP contribution in [0.3, 0.4) is 0 Å². The van der Waals surface area contributed by atoms with E-state index in [2.05, 4.69) is 15.1 Å². The Labute approximate surface area is 140 Å². The summed E-state index contributed by atoms with van der Waals surface area (Å²) in [7, 11) is 0. The minimum absolute atomic E-state index is 0.0189. The Kier molecular flexibility index (Phi) is 4.06. The molecule has 1 aromatic heterocycles. The molecular formula is C18H21FN4O. The molecule has 2 fully saturated rings. The van der Waals surface area contributed by atoms with Crippen LogP contribution in [0.4, 0.5) is 10.1 Å². The van der Waals surface area contributed by atoms with Crippen LogP contribution < -0.4 is 4.90 Å². The van der Waals surface area contributed by atoms with Gasteiger partial charge in [0.05, 0.1) is 11.7 Å². The average molecular weight is 328 g/mol. The summed E-state index contributed by atoms with van der Waals surface area (Å²) >= 11 is 0. The Bertz CT molecular complexity index is 718. The number of likely N-dealkylation sites (tertiary alicyclic amines) is 1. The van der Waals surface area contributed by atoms with E-state index in [9.17, 15) is 9.18 Å². The molecule has 0 radical (unpaired) electrons. The van der Waals surface area contributed by atoms with E-state index in [-0.39, 0.29) is 17.8 Å². The van der Waals surface area contributed by atoms with Crippen LogP contribution in [0.1, 0.15) is 30.9 Å². The number of nitrogens with one attached hydrogen (secondary N) is 1. The van der Waals surface area contributed by atoms with Crippen LogP contribution in [-0.2, 0) is 4.79 Å².